The molecule has 0 amide bonds. The smallest absolute Gasteiger partial charge is 0.127 e. The van der Waals surface area contributed by atoms with Gasteiger partial charge in [-0.3, -0.25) is 0 Å². The average molecular weight is 221 g/mol. The summed E-state index contributed by atoms with van der Waals surface area (Å²) in [6.07, 6.45) is 3.48. The number of phenols is 1. The maximum atomic E-state index is 10.1. The molecule has 88 valence electrons. The van der Waals surface area contributed by atoms with Gasteiger partial charge in [0, 0.05) is 6.04 Å². The zero-order chi connectivity index (χ0) is 11.5. The number of aromatic hydroxyl groups is 1. The van der Waals surface area contributed by atoms with E-state index in [1.807, 2.05) is 19.1 Å². The topological polar surface area (TPSA) is 41.5 Å². The monoisotopic (exact) mass is 221 g/mol. The summed E-state index contributed by atoms with van der Waals surface area (Å²) in [6, 6.07) is 4.05. The first-order valence-corrected chi connectivity index (χ1v) is 5.84. The molecule has 1 heterocycles. The van der Waals surface area contributed by atoms with Gasteiger partial charge in [0.1, 0.15) is 11.5 Å². The molecule has 0 radical (unpaired) electrons. The number of benzene rings is 1. The maximum Gasteiger partial charge on any atom is 0.127 e. The van der Waals surface area contributed by atoms with Crippen LogP contribution in [0.1, 0.15) is 36.4 Å². The number of hydrogen-bond donors (Lipinski definition) is 2. The van der Waals surface area contributed by atoms with E-state index in [-0.39, 0.29) is 6.04 Å². The maximum absolute atomic E-state index is 10.1. The molecule has 0 saturated carbocycles. The first-order chi connectivity index (χ1) is 7.74. The van der Waals surface area contributed by atoms with E-state index in [0.717, 1.165) is 29.8 Å². The third-order valence-corrected chi connectivity index (χ3v) is 3.26. The standard InChI is InChI=1S/C13H19NO2/c1-9-6-7-11(16-2)12(13(9)15)10-5-3-4-8-14-10/h6-7,10,14-15H,3-5,8H2,1-2H3. The summed E-state index contributed by atoms with van der Waals surface area (Å²) in [6.45, 7) is 2.93. The zero-order valence-electron chi connectivity index (χ0n) is 9.92. The lowest BCUT2D eigenvalue weighted by molar-refractivity contribution is 0.356. The molecule has 16 heavy (non-hydrogen) atoms. The van der Waals surface area contributed by atoms with E-state index >= 15 is 0 Å². The minimum Gasteiger partial charge on any atom is -0.507 e. The Morgan fingerprint density at radius 3 is 2.81 bits per heavy atom. The average Bonchev–Trinajstić information content (AvgIpc) is 2.33. The van der Waals surface area contributed by atoms with Gasteiger partial charge in [-0.2, -0.15) is 0 Å². The van der Waals surface area contributed by atoms with Gasteiger partial charge in [0.15, 0.2) is 0 Å². The second-order valence-electron chi connectivity index (χ2n) is 4.35. The van der Waals surface area contributed by atoms with Gasteiger partial charge < -0.3 is 15.2 Å². The summed E-state index contributed by atoms with van der Waals surface area (Å²) in [4.78, 5) is 0. The molecule has 1 aromatic rings. The largest absolute Gasteiger partial charge is 0.507 e. The lowest BCUT2D eigenvalue weighted by atomic mass is 9.94. The molecule has 3 nitrogen and oxygen atoms in total. The van der Waals surface area contributed by atoms with E-state index in [9.17, 15) is 5.11 Å². The van der Waals surface area contributed by atoms with Crippen LogP contribution < -0.4 is 10.1 Å². The highest BCUT2D eigenvalue weighted by Gasteiger charge is 2.22. The Morgan fingerprint density at radius 1 is 1.38 bits per heavy atom. The van der Waals surface area contributed by atoms with Crippen molar-refractivity contribution >= 4 is 0 Å². The Morgan fingerprint density at radius 2 is 2.19 bits per heavy atom. The molecule has 0 bridgehead atoms. The molecule has 2 rings (SSSR count). The second kappa shape index (κ2) is 4.74. The van der Waals surface area contributed by atoms with Gasteiger partial charge in [-0.15, -0.1) is 0 Å². The molecule has 0 aromatic heterocycles. The van der Waals surface area contributed by atoms with Gasteiger partial charge in [0.05, 0.1) is 12.7 Å². The normalized spacial score (nSPS) is 20.8. The van der Waals surface area contributed by atoms with Crippen molar-refractivity contribution in [3.8, 4) is 11.5 Å². The molecule has 0 aliphatic carbocycles. The van der Waals surface area contributed by atoms with Crippen LogP contribution in [0, 0.1) is 6.92 Å². The minimum atomic E-state index is 0.226. The van der Waals surface area contributed by atoms with Crippen LogP contribution in [0.25, 0.3) is 0 Å². The summed E-state index contributed by atoms with van der Waals surface area (Å²) in [5.41, 5.74) is 1.82. The Kier molecular flexibility index (Phi) is 3.34. The number of phenolic OH excluding ortho intramolecular Hbond substituents is 1. The first-order valence-electron chi connectivity index (χ1n) is 5.84. The Hall–Kier alpha value is -1.22. The fourth-order valence-electron chi connectivity index (χ4n) is 2.31. The van der Waals surface area contributed by atoms with Crippen LogP contribution in [0.2, 0.25) is 0 Å². The summed E-state index contributed by atoms with van der Waals surface area (Å²) in [5, 5.41) is 13.6. The van der Waals surface area contributed by atoms with Gasteiger partial charge in [-0.1, -0.05) is 12.5 Å². The van der Waals surface area contributed by atoms with Crippen LogP contribution in [0.15, 0.2) is 12.1 Å². The van der Waals surface area contributed by atoms with E-state index in [0.29, 0.717) is 5.75 Å². The van der Waals surface area contributed by atoms with Gasteiger partial charge in [0.25, 0.3) is 0 Å². The predicted octanol–water partition coefficient (Wildman–Crippen LogP) is 2.52. The fraction of sp³-hybridized carbons (Fsp3) is 0.538. The summed E-state index contributed by atoms with van der Waals surface area (Å²) in [5.74, 6) is 1.15. The number of ether oxygens (including phenoxy) is 1. The van der Waals surface area contributed by atoms with Crippen LogP contribution in [0.4, 0.5) is 0 Å². The Labute approximate surface area is 96.4 Å². The highest BCUT2D eigenvalue weighted by atomic mass is 16.5. The third kappa shape index (κ3) is 2.00. The van der Waals surface area contributed by atoms with Crippen molar-refractivity contribution in [3.05, 3.63) is 23.3 Å². The Bertz CT molecular complexity index is 370. The molecule has 1 atom stereocenters. The number of aryl methyl sites for hydroxylation is 1. The quantitative estimate of drug-likeness (QED) is 0.806. The number of piperidine rings is 1. The molecule has 0 spiro atoms. The van der Waals surface area contributed by atoms with Crippen LogP contribution >= 0.6 is 0 Å². The lowest BCUT2D eigenvalue weighted by Crippen LogP contribution is -2.27. The summed E-state index contributed by atoms with van der Waals surface area (Å²) >= 11 is 0. The van der Waals surface area contributed by atoms with Crippen molar-refractivity contribution in [2.45, 2.75) is 32.2 Å². The van der Waals surface area contributed by atoms with E-state index in [1.165, 1.54) is 12.8 Å². The highest BCUT2D eigenvalue weighted by molar-refractivity contribution is 5.50. The first kappa shape index (κ1) is 11.3. The third-order valence-electron chi connectivity index (χ3n) is 3.26. The van der Waals surface area contributed by atoms with Crippen LogP contribution in [0.5, 0.6) is 11.5 Å². The fourth-order valence-corrected chi connectivity index (χ4v) is 2.31. The van der Waals surface area contributed by atoms with E-state index in [1.54, 1.807) is 7.11 Å². The van der Waals surface area contributed by atoms with Crippen molar-refractivity contribution in [1.82, 2.24) is 5.32 Å². The number of methoxy groups -OCH3 is 1. The molecular formula is C13H19NO2. The molecular weight excluding hydrogens is 202 g/mol. The predicted molar refractivity (Wildman–Crippen MR) is 64.0 cm³/mol. The highest BCUT2D eigenvalue weighted by Crippen LogP contribution is 2.38. The lowest BCUT2D eigenvalue weighted by Gasteiger charge is -2.26. The van der Waals surface area contributed by atoms with E-state index < -0.39 is 0 Å². The van der Waals surface area contributed by atoms with E-state index in [2.05, 4.69) is 5.32 Å². The molecule has 1 aliphatic heterocycles. The van der Waals surface area contributed by atoms with Gasteiger partial charge >= 0.3 is 0 Å². The second-order valence-corrected chi connectivity index (χ2v) is 4.35. The molecule has 1 unspecified atom stereocenters. The SMILES string of the molecule is COc1ccc(C)c(O)c1C1CCCCN1. The Balaban J connectivity index is 2.39. The molecule has 1 saturated heterocycles. The molecule has 1 fully saturated rings. The number of nitrogens with one attached hydrogen (secondary N) is 1. The van der Waals surface area contributed by atoms with Crippen LogP contribution in [0.3, 0.4) is 0 Å². The van der Waals surface area contributed by atoms with E-state index in [4.69, 9.17) is 4.74 Å². The molecule has 2 N–H and O–H groups in total. The van der Waals surface area contributed by atoms with Crippen LogP contribution in [-0.2, 0) is 0 Å². The van der Waals surface area contributed by atoms with Gasteiger partial charge in [0.2, 0.25) is 0 Å². The summed E-state index contributed by atoms with van der Waals surface area (Å²) < 4.78 is 5.33. The number of rotatable bonds is 2. The summed E-state index contributed by atoms with van der Waals surface area (Å²) in [7, 11) is 1.65. The van der Waals surface area contributed by atoms with Crippen molar-refractivity contribution < 1.29 is 9.84 Å². The molecule has 3 heteroatoms. The van der Waals surface area contributed by atoms with Gasteiger partial charge in [-0.05, 0) is 37.9 Å². The molecule has 1 aromatic carbocycles. The van der Waals surface area contributed by atoms with Crippen molar-refractivity contribution in [3.63, 3.8) is 0 Å². The minimum absolute atomic E-state index is 0.226. The van der Waals surface area contributed by atoms with Gasteiger partial charge in [-0.25, -0.2) is 0 Å². The molecule has 1 aliphatic rings. The zero-order valence-corrected chi connectivity index (χ0v) is 9.92. The van der Waals surface area contributed by atoms with Crippen molar-refractivity contribution in [2.75, 3.05) is 13.7 Å². The van der Waals surface area contributed by atoms with Crippen molar-refractivity contribution in [1.29, 1.82) is 0 Å². The van der Waals surface area contributed by atoms with Crippen LogP contribution in [-0.4, -0.2) is 18.8 Å². The van der Waals surface area contributed by atoms with Crippen molar-refractivity contribution in [2.24, 2.45) is 0 Å². The number of hydrogen-bond acceptors (Lipinski definition) is 3.